The zero-order valence-electron chi connectivity index (χ0n) is 7.19. The van der Waals surface area contributed by atoms with Crippen LogP contribution in [0.1, 0.15) is 6.92 Å². The predicted octanol–water partition coefficient (Wildman–Crippen LogP) is 1.60. The lowest BCUT2D eigenvalue weighted by atomic mass is 10.2. The van der Waals surface area contributed by atoms with E-state index in [0.717, 1.165) is 26.2 Å². The van der Waals surface area contributed by atoms with Crippen LogP contribution in [0.5, 0.6) is 0 Å². The predicted molar refractivity (Wildman–Crippen MR) is 53.7 cm³/mol. The molecule has 0 radical (unpaired) electrons. The van der Waals surface area contributed by atoms with Crippen molar-refractivity contribution in [3.05, 3.63) is 10.6 Å². The number of nitrogens with zero attached hydrogens (tertiary/aromatic N) is 1. The van der Waals surface area contributed by atoms with Crippen molar-refractivity contribution in [3.8, 4) is 0 Å². The maximum Gasteiger partial charge on any atom is 0.0434 e. The number of hydrogen-bond donors (Lipinski definition) is 1. The average Bonchev–Trinajstić information content (AvgIpc) is 2.04. The lowest BCUT2D eigenvalue weighted by molar-refractivity contribution is 0.225. The maximum atomic E-state index is 5.81. The number of halogens is 2. The molecule has 0 aromatic carbocycles. The molecule has 0 aromatic rings. The van der Waals surface area contributed by atoms with Crippen molar-refractivity contribution < 1.29 is 0 Å². The number of piperazine rings is 1. The van der Waals surface area contributed by atoms with Gasteiger partial charge in [-0.1, -0.05) is 23.2 Å². The smallest absolute Gasteiger partial charge is 0.0434 e. The van der Waals surface area contributed by atoms with E-state index in [9.17, 15) is 0 Å². The molecule has 1 aliphatic rings. The second kappa shape index (κ2) is 5.07. The Hall–Kier alpha value is 0.240. The molecule has 1 heterocycles. The van der Waals surface area contributed by atoms with Crippen molar-refractivity contribution in [1.29, 1.82) is 0 Å². The van der Waals surface area contributed by atoms with E-state index < -0.39 is 0 Å². The van der Waals surface area contributed by atoms with Crippen molar-refractivity contribution >= 4 is 23.2 Å². The van der Waals surface area contributed by atoms with Crippen LogP contribution in [0.25, 0.3) is 0 Å². The van der Waals surface area contributed by atoms with Crippen LogP contribution in [0.2, 0.25) is 0 Å². The minimum Gasteiger partial charge on any atom is -0.312 e. The third-order valence-corrected chi connectivity index (χ3v) is 2.55. The maximum absolute atomic E-state index is 5.81. The minimum atomic E-state index is 0.554. The highest BCUT2D eigenvalue weighted by Gasteiger charge is 2.15. The average molecular weight is 209 g/mol. The Balaban J connectivity index is 2.32. The molecule has 1 rings (SSSR count). The van der Waals surface area contributed by atoms with E-state index in [2.05, 4.69) is 17.1 Å². The fourth-order valence-corrected chi connectivity index (χ4v) is 1.64. The summed E-state index contributed by atoms with van der Waals surface area (Å²) in [5, 5.41) is 4.08. The van der Waals surface area contributed by atoms with Crippen LogP contribution in [-0.4, -0.2) is 37.1 Å². The summed E-state index contributed by atoms with van der Waals surface area (Å²) < 4.78 is 0. The molecular formula is C8H14Cl2N2. The van der Waals surface area contributed by atoms with Gasteiger partial charge in [-0.15, -0.1) is 0 Å². The second-order valence-electron chi connectivity index (χ2n) is 3.15. The summed E-state index contributed by atoms with van der Waals surface area (Å²) in [5.41, 5.74) is 1.44. The Morgan fingerprint density at radius 3 is 3.08 bits per heavy atom. The van der Waals surface area contributed by atoms with Gasteiger partial charge in [-0.05, 0) is 6.92 Å². The van der Waals surface area contributed by atoms with Gasteiger partial charge in [0, 0.05) is 42.8 Å². The molecule has 1 N–H and O–H groups in total. The Kier molecular flexibility index (Phi) is 4.36. The third-order valence-electron chi connectivity index (χ3n) is 1.95. The van der Waals surface area contributed by atoms with Crippen molar-refractivity contribution in [2.45, 2.75) is 13.0 Å². The normalized spacial score (nSPS) is 27.6. The molecule has 1 fully saturated rings. The fraction of sp³-hybridized carbons (Fsp3) is 0.750. The van der Waals surface area contributed by atoms with Crippen LogP contribution in [0.15, 0.2) is 10.6 Å². The summed E-state index contributed by atoms with van der Waals surface area (Å²) in [6.45, 7) is 6.07. The van der Waals surface area contributed by atoms with E-state index in [0.29, 0.717) is 11.1 Å². The van der Waals surface area contributed by atoms with Crippen molar-refractivity contribution in [2.75, 3.05) is 26.2 Å². The van der Waals surface area contributed by atoms with Gasteiger partial charge in [0.25, 0.3) is 0 Å². The van der Waals surface area contributed by atoms with E-state index in [1.54, 1.807) is 0 Å². The van der Waals surface area contributed by atoms with E-state index in [4.69, 9.17) is 23.2 Å². The summed E-state index contributed by atoms with van der Waals surface area (Å²) in [6, 6.07) is 0.554. The molecule has 0 spiro atoms. The van der Waals surface area contributed by atoms with E-state index in [1.165, 1.54) is 5.54 Å². The molecule has 0 aliphatic carbocycles. The van der Waals surface area contributed by atoms with Crippen LogP contribution in [-0.2, 0) is 0 Å². The van der Waals surface area contributed by atoms with Crippen LogP contribution in [0, 0.1) is 0 Å². The highest BCUT2D eigenvalue weighted by atomic mass is 35.5. The molecule has 12 heavy (non-hydrogen) atoms. The molecule has 2 nitrogen and oxygen atoms in total. The standard InChI is InChI=1S/C8H14Cl2N2/c1-7-5-12(3-2-11-7)6-8(10)4-9/h4,7,11H,2-3,5-6H2,1H3/b8-4-. The number of rotatable bonds is 2. The first kappa shape index (κ1) is 10.3. The summed E-state index contributed by atoms with van der Waals surface area (Å²) in [6.07, 6.45) is 0. The van der Waals surface area contributed by atoms with Crippen LogP contribution >= 0.6 is 23.2 Å². The zero-order chi connectivity index (χ0) is 8.97. The molecule has 0 amide bonds. The molecule has 0 saturated carbocycles. The fourth-order valence-electron chi connectivity index (χ4n) is 1.40. The van der Waals surface area contributed by atoms with Crippen LogP contribution in [0.4, 0.5) is 0 Å². The highest BCUT2D eigenvalue weighted by molar-refractivity contribution is 6.36. The van der Waals surface area contributed by atoms with Crippen LogP contribution < -0.4 is 5.32 Å². The van der Waals surface area contributed by atoms with Crippen molar-refractivity contribution in [3.63, 3.8) is 0 Å². The Bertz CT molecular complexity index is 170. The van der Waals surface area contributed by atoms with Gasteiger partial charge >= 0.3 is 0 Å². The molecule has 4 heteroatoms. The van der Waals surface area contributed by atoms with E-state index >= 15 is 0 Å². The first-order chi connectivity index (χ1) is 5.72. The zero-order valence-corrected chi connectivity index (χ0v) is 8.70. The molecule has 0 aromatic heterocycles. The summed E-state index contributed by atoms with van der Waals surface area (Å²) in [4.78, 5) is 2.29. The molecule has 70 valence electrons. The molecule has 1 aliphatic heterocycles. The van der Waals surface area contributed by atoms with Crippen LogP contribution in [0.3, 0.4) is 0 Å². The monoisotopic (exact) mass is 208 g/mol. The number of nitrogens with one attached hydrogen (secondary N) is 1. The summed E-state index contributed by atoms with van der Waals surface area (Å²) in [5.74, 6) is 0. The van der Waals surface area contributed by atoms with E-state index in [-0.39, 0.29) is 0 Å². The van der Waals surface area contributed by atoms with Gasteiger partial charge in [-0.2, -0.15) is 0 Å². The minimum absolute atomic E-state index is 0.554. The van der Waals surface area contributed by atoms with Gasteiger partial charge in [0.15, 0.2) is 0 Å². The summed E-state index contributed by atoms with van der Waals surface area (Å²) in [7, 11) is 0. The quantitative estimate of drug-likeness (QED) is 0.743. The Morgan fingerprint density at radius 1 is 1.75 bits per heavy atom. The second-order valence-corrected chi connectivity index (χ2v) is 3.85. The highest BCUT2D eigenvalue weighted by Crippen LogP contribution is 2.08. The molecule has 1 atom stereocenters. The molecule has 1 unspecified atom stereocenters. The molecule has 1 saturated heterocycles. The SMILES string of the molecule is CC1CN(C/C(Cl)=C/Cl)CCN1. The van der Waals surface area contributed by atoms with E-state index in [1.807, 2.05) is 0 Å². The summed E-state index contributed by atoms with van der Waals surface area (Å²) >= 11 is 11.3. The third kappa shape index (κ3) is 3.31. The van der Waals surface area contributed by atoms with Gasteiger partial charge < -0.3 is 5.32 Å². The Morgan fingerprint density at radius 2 is 2.50 bits per heavy atom. The van der Waals surface area contributed by atoms with Crippen molar-refractivity contribution in [1.82, 2.24) is 10.2 Å². The lowest BCUT2D eigenvalue weighted by Gasteiger charge is -2.31. The largest absolute Gasteiger partial charge is 0.312 e. The lowest BCUT2D eigenvalue weighted by Crippen LogP contribution is -2.49. The number of hydrogen-bond acceptors (Lipinski definition) is 2. The van der Waals surface area contributed by atoms with Gasteiger partial charge in [0.1, 0.15) is 0 Å². The first-order valence-corrected chi connectivity index (χ1v) is 4.94. The van der Waals surface area contributed by atoms with Gasteiger partial charge in [-0.3, -0.25) is 4.90 Å². The first-order valence-electron chi connectivity index (χ1n) is 4.13. The van der Waals surface area contributed by atoms with Crippen molar-refractivity contribution in [2.24, 2.45) is 0 Å². The molecule has 0 bridgehead atoms. The van der Waals surface area contributed by atoms with Gasteiger partial charge in [0.05, 0.1) is 0 Å². The Labute approximate surface area is 83.5 Å². The molecular weight excluding hydrogens is 195 g/mol. The van der Waals surface area contributed by atoms with Gasteiger partial charge in [-0.25, -0.2) is 0 Å². The van der Waals surface area contributed by atoms with Gasteiger partial charge in [0.2, 0.25) is 0 Å². The topological polar surface area (TPSA) is 15.3 Å².